The molecule has 7 heteroatoms. The van der Waals surface area contributed by atoms with E-state index in [0.29, 0.717) is 28.8 Å². The number of amides is 1. The van der Waals surface area contributed by atoms with Gasteiger partial charge in [0.1, 0.15) is 11.8 Å². The first-order chi connectivity index (χ1) is 12.7. The average Bonchev–Trinajstić information content (AvgIpc) is 2.68. The Morgan fingerprint density at radius 3 is 2.69 bits per heavy atom. The van der Waals surface area contributed by atoms with Crippen LogP contribution in [0.3, 0.4) is 0 Å². The highest BCUT2D eigenvalue weighted by Gasteiger charge is 2.11. The minimum absolute atomic E-state index is 0.189. The summed E-state index contributed by atoms with van der Waals surface area (Å²) in [4.78, 5) is 20.7. The molecule has 0 atom stereocenters. The third-order valence-electron chi connectivity index (χ3n) is 3.58. The second-order valence-electron chi connectivity index (χ2n) is 5.32. The maximum absolute atomic E-state index is 12.4. The van der Waals surface area contributed by atoms with Crippen LogP contribution in [0.25, 0.3) is 0 Å². The SMILES string of the molecule is N#Cc1ccccc1NC(=O)c1ccnc(NCc2ccccc2Cl)n1. The van der Waals surface area contributed by atoms with Gasteiger partial charge in [-0.05, 0) is 29.8 Å². The van der Waals surface area contributed by atoms with E-state index in [1.807, 2.05) is 24.3 Å². The van der Waals surface area contributed by atoms with Crippen LogP contribution in [0.4, 0.5) is 11.6 Å². The second kappa shape index (κ2) is 8.10. The molecule has 0 aliphatic heterocycles. The van der Waals surface area contributed by atoms with Crippen molar-refractivity contribution in [1.82, 2.24) is 9.97 Å². The molecule has 3 rings (SSSR count). The van der Waals surface area contributed by atoms with Crippen LogP contribution in [-0.2, 0) is 6.54 Å². The molecule has 0 aliphatic carbocycles. The molecule has 2 N–H and O–H groups in total. The zero-order chi connectivity index (χ0) is 18.4. The first-order valence-electron chi connectivity index (χ1n) is 7.78. The Balaban J connectivity index is 1.71. The smallest absolute Gasteiger partial charge is 0.274 e. The van der Waals surface area contributed by atoms with Crippen LogP contribution in [-0.4, -0.2) is 15.9 Å². The summed E-state index contributed by atoms with van der Waals surface area (Å²) in [6, 6.07) is 17.7. The van der Waals surface area contributed by atoms with Crippen molar-refractivity contribution in [1.29, 1.82) is 5.26 Å². The van der Waals surface area contributed by atoms with E-state index in [0.717, 1.165) is 5.56 Å². The fraction of sp³-hybridized carbons (Fsp3) is 0.0526. The van der Waals surface area contributed by atoms with Crippen molar-refractivity contribution in [3.8, 4) is 6.07 Å². The summed E-state index contributed by atoms with van der Waals surface area (Å²) >= 11 is 6.12. The predicted octanol–water partition coefficient (Wildman–Crippen LogP) is 3.87. The molecular weight excluding hydrogens is 350 g/mol. The van der Waals surface area contributed by atoms with Crippen LogP contribution < -0.4 is 10.6 Å². The maximum Gasteiger partial charge on any atom is 0.274 e. The van der Waals surface area contributed by atoms with E-state index in [4.69, 9.17) is 16.9 Å². The molecule has 0 spiro atoms. The van der Waals surface area contributed by atoms with Crippen molar-refractivity contribution < 1.29 is 4.79 Å². The lowest BCUT2D eigenvalue weighted by atomic mass is 10.2. The van der Waals surface area contributed by atoms with Crippen LogP contribution in [0.15, 0.2) is 60.8 Å². The summed E-state index contributed by atoms with van der Waals surface area (Å²) in [5, 5.41) is 15.5. The number of carbonyl (C=O) groups is 1. The number of benzene rings is 2. The van der Waals surface area contributed by atoms with Crippen molar-refractivity contribution in [3.05, 3.63) is 82.6 Å². The average molecular weight is 364 g/mol. The molecule has 6 nitrogen and oxygen atoms in total. The molecule has 3 aromatic rings. The van der Waals surface area contributed by atoms with Crippen molar-refractivity contribution in [2.75, 3.05) is 10.6 Å². The van der Waals surface area contributed by atoms with Gasteiger partial charge in [-0.15, -0.1) is 0 Å². The number of para-hydroxylation sites is 1. The number of hydrogen-bond acceptors (Lipinski definition) is 5. The summed E-state index contributed by atoms with van der Waals surface area (Å²) in [6.07, 6.45) is 1.49. The molecule has 0 unspecified atom stereocenters. The first-order valence-corrected chi connectivity index (χ1v) is 8.16. The van der Waals surface area contributed by atoms with Crippen LogP contribution in [0, 0.1) is 11.3 Å². The zero-order valence-electron chi connectivity index (χ0n) is 13.6. The summed E-state index contributed by atoms with van der Waals surface area (Å²) in [5.74, 6) is -0.109. The van der Waals surface area contributed by atoms with Gasteiger partial charge in [0.2, 0.25) is 5.95 Å². The lowest BCUT2D eigenvalue weighted by Crippen LogP contribution is -2.16. The largest absolute Gasteiger partial charge is 0.350 e. The molecule has 0 radical (unpaired) electrons. The zero-order valence-corrected chi connectivity index (χ0v) is 14.4. The lowest BCUT2D eigenvalue weighted by Gasteiger charge is -2.09. The Morgan fingerprint density at radius 1 is 1.12 bits per heavy atom. The van der Waals surface area contributed by atoms with Crippen LogP contribution >= 0.6 is 11.6 Å². The van der Waals surface area contributed by atoms with Crippen LogP contribution in [0.1, 0.15) is 21.6 Å². The fourth-order valence-electron chi connectivity index (χ4n) is 2.26. The first kappa shape index (κ1) is 17.4. The van der Waals surface area contributed by atoms with Gasteiger partial charge in [0.15, 0.2) is 0 Å². The summed E-state index contributed by atoms with van der Waals surface area (Å²) in [6.45, 7) is 0.433. The molecule has 0 saturated carbocycles. The molecular formula is C19H14ClN5O. The second-order valence-corrected chi connectivity index (χ2v) is 5.73. The third-order valence-corrected chi connectivity index (χ3v) is 3.95. The highest BCUT2D eigenvalue weighted by Crippen LogP contribution is 2.17. The van der Waals surface area contributed by atoms with Crippen LogP contribution in [0.5, 0.6) is 0 Å². The van der Waals surface area contributed by atoms with Gasteiger partial charge in [-0.1, -0.05) is 41.9 Å². The molecule has 0 aliphatic rings. The van der Waals surface area contributed by atoms with Gasteiger partial charge in [-0.2, -0.15) is 5.26 Å². The van der Waals surface area contributed by atoms with Crippen molar-refractivity contribution in [2.24, 2.45) is 0 Å². The van der Waals surface area contributed by atoms with Crippen molar-refractivity contribution in [3.63, 3.8) is 0 Å². The molecule has 2 aromatic carbocycles. The van der Waals surface area contributed by atoms with E-state index in [9.17, 15) is 4.79 Å². The molecule has 0 saturated heterocycles. The van der Waals surface area contributed by atoms with Gasteiger partial charge >= 0.3 is 0 Å². The van der Waals surface area contributed by atoms with E-state index in [-0.39, 0.29) is 5.69 Å². The minimum atomic E-state index is -0.420. The lowest BCUT2D eigenvalue weighted by molar-refractivity contribution is 0.102. The third kappa shape index (κ3) is 4.15. The molecule has 1 heterocycles. The minimum Gasteiger partial charge on any atom is -0.350 e. The number of aromatic nitrogens is 2. The molecule has 26 heavy (non-hydrogen) atoms. The van der Waals surface area contributed by atoms with Gasteiger partial charge in [-0.25, -0.2) is 9.97 Å². The van der Waals surface area contributed by atoms with Gasteiger partial charge in [0.25, 0.3) is 5.91 Å². The number of nitriles is 1. The Hall–Kier alpha value is -3.43. The normalized spacial score (nSPS) is 10.0. The molecule has 0 bridgehead atoms. The summed E-state index contributed by atoms with van der Waals surface area (Å²) in [5.41, 5.74) is 1.90. The number of rotatable bonds is 5. The highest BCUT2D eigenvalue weighted by molar-refractivity contribution is 6.31. The number of nitrogens with one attached hydrogen (secondary N) is 2. The Morgan fingerprint density at radius 2 is 1.88 bits per heavy atom. The van der Waals surface area contributed by atoms with Gasteiger partial charge in [0, 0.05) is 17.8 Å². The quantitative estimate of drug-likeness (QED) is 0.718. The number of nitrogens with zero attached hydrogens (tertiary/aromatic N) is 3. The van der Waals surface area contributed by atoms with E-state index < -0.39 is 5.91 Å². The van der Waals surface area contributed by atoms with E-state index in [1.54, 1.807) is 30.3 Å². The Labute approximate surface area is 155 Å². The number of halogens is 1. The van der Waals surface area contributed by atoms with Gasteiger partial charge in [-0.3, -0.25) is 4.79 Å². The monoisotopic (exact) mass is 363 g/mol. The topological polar surface area (TPSA) is 90.7 Å². The number of anilines is 2. The van der Waals surface area contributed by atoms with Crippen molar-refractivity contribution in [2.45, 2.75) is 6.54 Å². The van der Waals surface area contributed by atoms with Gasteiger partial charge < -0.3 is 10.6 Å². The highest BCUT2D eigenvalue weighted by atomic mass is 35.5. The number of hydrogen-bond donors (Lipinski definition) is 2. The van der Waals surface area contributed by atoms with Gasteiger partial charge in [0.05, 0.1) is 11.3 Å². The Bertz CT molecular complexity index is 983. The molecule has 128 valence electrons. The summed E-state index contributed by atoms with van der Waals surface area (Å²) in [7, 11) is 0. The standard InChI is InChI=1S/C19H14ClN5O/c20-15-7-3-1-6-14(15)12-23-19-22-10-9-17(25-19)18(26)24-16-8-4-2-5-13(16)11-21/h1-10H,12H2,(H,24,26)(H,22,23,25). The molecule has 0 fully saturated rings. The van der Waals surface area contributed by atoms with Crippen LogP contribution in [0.2, 0.25) is 5.02 Å². The van der Waals surface area contributed by atoms with E-state index in [2.05, 4.69) is 20.6 Å². The van der Waals surface area contributed by atoms with E-state index >= 15 is 0 Å². The molecule has 1 aromatic heterocycles. The summed E-state index contributed by atoms with van der Waals surface area (Å²) < 4.78 is 0. The molecule has 1 amide bonds. The fourth-order valence-corrected chi connectivity index (χ4v) is 2.46. The van der Waals surface area contributed by atoms with Crippen molar-refractivity contribution >= 4 is 29.1 Å². The predicted molar refractivity (Wildman–Crippen MR) is 99.9 cm³/mol. The Kier molecular flexibility index (Phi) is 5.42. The number of carbonyl (C=O) groups excluding carboxylic acids is 1. The maximum atomic E-state index is 12.4. The van der Waals surface area contributed by atoms with E-state index in [1.165, 1.54) is 12.3 Å².